The molecule has 4 nitrogen and oxygen atoms in total. The standard InChI is InChI=1S/C13H15Cl2NO3S/c1-13(4-5-20(18,19)8-13)16-12(17)7-9-2-3-10(14)11(15)6-9/h2-3,6H,4-5,7-8H2,1H3,(H,16,17)/t13-/m0/s1. The summed E-state index contributed by atoms with van der Waals surface area (Å²) in [5.74, 6) is -0.105. The second kappa shape index (κ2) is 5.54. The van der Waals surface area contributed by atoms with Crippen LogP contribution in [0.15, 0.2) is 18.2 Å². The normalized spacial score (nSPS) is 24.6. The predicted molar refractivity (Wildman–Crippen MR) is 80.0 cm³/mol. The first-order valence-corrected chi connectivity index (χ1v) is 8.72. The van der Waals surface area contributed by atoms with Crippen LogP contribution in [0.4, 0.5) is 0 Å². The van der Waals surface area contributed by atoms with Gasteiger partial charge < -0.3 is 5.32 Å². The second-order valence-electron chi connectivity index (χ2n) is 5.38. The van der Waals surface area contributed by atoms with Crippen LogP contribution in [0.1, 0.15) is 18.9 Å². The fourth-order valence-electron chi connectivity index (χ4n) is 2.32. The summed E-state index contributed by atoms with van der Waals surface area (Å²) in [6, 6.07) is 4.99. The number of carbonyl (C=O) groups is 1. The van der Waals surface area contributed by atoms with E-state index in [1.54, 1.807) is 25.1 Å². The first-order valence-electron chi connectivity index (χ1n) is 6.15. The highest BCUT2D eigenvalue weighted by atomic mass is 35.5. The lowest BCUT2D eigenvalue weighted by molar-refractivity contribution is -0.121. The number of sulfone groups is 1. The fraction of sp³-hybridized carbons (Fsp3) is 0.462. The van der Waals surface area contributed by atoms with Crippen molar-refractivity contribution in [3.05, 3.63) is 33.8 Å². The van der Waals surface area contributed by atoms with Gasteiger partial charge in [-0.05, 0) is 31.0 Å². The summed E-state index contributed by atoms with van der Waals surface area (Å²) >= 11 is 11.7. The number of carbonyl (C=O) groups excluding carboxylic acids is 1. The summed E-state index contributed by atoms with van der Waals surface area (Å²) in [7, 11) is -3.04. The van der Waals surface area contributed by atoms with Gasteiger partial charge in [0.25, 0.3) is 0 Å². The molecule has 1 aliphatic rings. The van der Waals surface area contributed by atoms with E-state index in [0.29, 0.717) is 16.5 Å². The summed E-state index contributed by atoms with van der Waals surface area (Å²) in [4.78, 5) is 12.0. The Labute approximate surface area is 128 Å². The Kier molecular flexibility index (Phi) is 4.33. The van der Waals surface area contributed by atoms with Crippen LogP contribution < -0.4 is 5.32 Å². The molecule has 1 aromatic rings. The van der Waals surface area contributed by atoms with Crippen molar-refractivity contribution in [3.63, 3.8) is 0 Å². The molecule has 7 heteroatoms. The highest BCUT2D eigenvalue weighted by Crippen LogP contribution is 2.24. The fourth-order valence-corrected chi connectivity index (χ4v) is 4.74. The number of benzene rings is 1. The number of hydrogen-bond donors (Lipinski definition) is 1. The number of halogens is 2. The highest BCUT2D eigenvalue weighted by Gasteiger charge is 2.39. The smallest absolute Gasteiger partial charge is 0.224 e. The molecule has 1 aromatic carbocycles. The van der Waals surface area contributed by atoms with Gasteiger partial charge in [-0.1, -0.05) is 29.3 Å². The SMILES string of the molecule is C[C@]1(NC(=O)Cc2ccc(Cl)c(Cl)c2)CCS(=O)(=O)C1. The maximum absolute atomic E-state index is 12.0. The molecule has 110 valence electrons. The molecule has 1 N–H and O–H groups in total. The van der Waals surface area contributed by atoms with E-state index < -0.39 is 15.4 Å². The third-order valence-corrected chi connectivity index (χ3v) is 5.94. The van der Waals surface area contributed by atoms with Gasteiger partial charge in [0.05, 0.1) is 33.5 Å². The van der Waals surface area contributed by atoms with Gasteiger partial charge in [0.15, 0.2) is 9.84 Å². The quantitative estimate of drug-likeness (QED) is 0.921. The Morgan fingerprint density at radius 1 is 1.35 bits per heavy atom. The average molecular weight is 336 g/mol. The van der Waals surface area contributed by atoms with E-state index in [1.807, 2.05) is 0 Å². The molecule has 1 heterocycles. The van der Waals surface area contributed by atoms with Crippen LogP contribution in [-0.2, 0) is 21.1 Å². The molecule has 0 spiro atoms. The van der Waals surface area contributed by atoms with E-state index in [0.717, 1.165) is 5.56 Å². The van der Waals surface area contributed by atoms with Crippen molar-refractivity contribution in [1.29, 1.82) is 0 Å². The molecule has 1 saturated heterocycles. The van der Waals surface area contributed by atoms with E-state index in [9.17, 15) is 13.2 Å². The zero-order chi connectivity index (χ0) is 15.0. The summed E-state index contributed by atoms with van der Waals surface area (Å²) < 4.78 is 23.0. The molecule has 2 rings (SSSR count). The lowest BCUT2D eigenvalue weighted by Crippen LogP contribution is -2.47. The maximum Gasteiger partial charge on any atom is 0.224 e. The third-order valence-electron chi connectivity index (χ3n) is 3.29. The Balaban J connectivity index is 2.01. The minimum atomic E-state index is -3.04. The lowest BCUT2D eigenvalue weighted by atomic mass is 10.0. The first-order chi connectivity index (χ1) is 9.19. The summed E-state index contributed by atoms with van der Waals surface area (Å²) in [6.07, 6.45) is 0.592. The maximum atomic E-state index is 12.0. The van der Waals surface area contributed by atoms with Crippen LogP contribution in [0.3, 0.4) is 0 Å². The zero-order valence-corrected chi connectivity index (χ0v) is 13.3. The lowest BCUT2D eigenvalue weighted by Gasteiger charge is -2.23. The molecule has 1 fully saturated rings. The molecule has 1 aliphatic heterocycles. The average Bonchev–Trinajstić information content (AvgIpc) is 2.57. The van der Waals surface area contributed by atoms with E-state index in [4.69, 9.17) is 23.2 Å². The second-order valence-corrected chi connectivity index (χ2v) is 8.37. The molecule has 0 bridgehead atoms. The van der Waals surface area contributed by atoms with Crippen molar-refractivity contribution in [2.24, 2.45) is 0 Å². The molecule has 0 aromatic heterocycles. The molecule has 1 amide bonds. The van der Waals surface area contributed by atoms with Gasteiger partial charge in [0.1, 0.15) is 0 Å². The van der Waals surface area contributed by atoms with Crippen LogP contribution in [0.5, 0.6) is 0 Å². The molecular weight excluding hydrogens is 321 g/mol. The Hall–Kier alpha value is -0.780. The van der Waals surface area contributed by atoms with E-state index in [1.165, 1.54) is 0 Å². The van der Waals surface area contributed by atoms with Crippen LogP contribution >= 0.6 is 23.2 Å². The number of nitrogens with one attached hydrogen (secondary N) is 1. The van der Waals surface area contributed by atoms with Gasteiger partial charge in [0.2, 0.25) is 5.91 Å². The number of rotatable bonds is 3. The van der Waals surface area contributed by atoms with Crippen LogP contribution in [-0.4, -0.2) is 31.4 Å². The van der Waals surface area contributed by atoms with E-state index in [-0.39, 0.29) is 23.8 Å². The minimum Gasteiger partial charge on any atom is -0.350 e. The first kappa shape index (κ1) is 15.6. The predicted octanol–water partition coefficient (Wildman–Crippen LogP) is 2.23. The summed E-state index contributed by atoms with van der Waals surface area (Å²) in [6.45, 7) is 1.75. The summed E-state index contributed by atoms with van der Waals surface area (Å²) in [5.41, 5.74) is 0.0629. The van der Waals surface area contributed by atoms with Crippen molar-refractivity contribution in [3.8, 4) is 0 Å². The Morgan fingerprint density at radius 3 is 2.60 bits per heavy atom. The molecule has 1 atom stereocenters. The van der Waals surface area contributed by atoms with E-state index >= 15 is 0 Å². The van der Waals surface area contributed by atoms with Crippen LogP contribution in [0.25, 0.3) is 0 Å². The van der Waals surface area contributed by atoms with Gasteiger partial charge in [-0.25, -0.2) is 8.42 Å². The van der Waals surface area contributed by atoms with Crippen molar-refractivity contribution < 1.29 is 13.2 Å². The van der Waals surface area contributed by atoms with Gasteiger partial charge >= 0.3 is 0 Å². The molecule has 0 unspecified atom stereocenters. The topological polar surface area (TPSA) is 63.2 Å². The largest absolute Gasteiger partial charge is 0.350 e. The van der Waals surface area contributed by atoms with Crippen molar-refractivity contribution in [2.45, 2.75) is 25.3 Å². The molecule has 20 heavy (non-hydrogen) atoms. The van der Waals surface area contributed by atoms with Crippen molar-refractivity contribution in [1.82, 2.24) is 5.32 Å². The van der Waals surface area contributed by atoms with Gasteiger partial charge in [-0.2, -0.15) is 0 Å². The van der Waals surface area contributed by atoms with Crippen LogP contribution in [0.2, 0.25) is 10.0 Å². The van der Waals surface area contributed by atoms with Gasteiger partial charge in [0, 0.05) is 0 Å². The monoisotopic (exact) mass is 335 g/mol. The zero-order valence-electron chi connectivity index (χ0n) is 10.9. The molecule has 0 saturated carbocycles. The molecular formula is C13H15Cl2NO3S. The van der Waals surface area contributed by atoms with E-state index in [2.05, 4.69) is 5.32 Å². The van der Waals surface area contributed by atoms with Gasteiger partial charge in [-0.15, -0.1) is 0 Å². The van der Waals surface area contributed by atoms with Gasteiger partial charge in [-0.3, -0.25) is 4.79 Å². The molecule has 0 aliphatic carbocycles. The number of amides is 1. The summed E-state index contributed by atoms with van der Waals surface area (Å²) in [5, 5.41) is 3.63. The Morgan fingerprint density at radius 2 is 2.05 bits per heavy atom. The third kappa shape index (κ3) is 3.87. The number of hydrogen-bond acceptors (Lipinski definition) is 3. The highest BCUT2D eigenvalue weighted by molar-refractivity contribution is 7.91. The minimum absolute atomic E-state index is 0.00683. The Bertz CT molecular complexity index is 645. The molecule has 0 radical (unpaired) electrons. The van der Waals surface area contributed by atoms with Crippen LogP contribution in [0, 0.1) is 0 Å². The van der Waals surface area contributed by atoms with Crippen molar-refractivity contribution in [2.75, 3.05) is 11.5 Å². The van der Waals surface area contributed by atoms with Crippen molar-refractivity contribution >= 4 is 38.9 Å².